The SMILES string of the molecule is CC1(C)COc2cc(C(=O)NO)ccc2CN1C(=O)C1CC1. The van der Waals surface area contributed by atoms with E-state index in [-0.39, 0.29) is 11.8 Å². The largest absolute Gasteiger partial charge is 0.491 e. The number of hydrogen-bond acceptors (Lipinski definition) is 4. The number of fused-ring (bicyclic) bond motifs is 1. The summed E-state index contributed by atoms with van der Waals surface area (Å²) in [6.07, 6.45) is 1.93. The molecule has 0 atom stereocenters. The molecule has 2 N–H and O–H groups in total. The molecular weight excluding hydrogens is 284 g/mol. The zero-order chi connectivity index (χ0) is 15.9. The lowest BCUT2D eigenvalue weighted by Gasteiger charge is -2.36. The molecule has 118 valence electrons. The predicted octanol–water partition coefficient (Wildman–Crippen LogP) is 1.72. The quantitative estimate of drug-likeness (QED) is 0.644. The molecule has 0 saturated heterocycles. The number of hydroxylamine groups is 1. The Hall–Kier alpha value is -2.08. The number of nitrogens with one attached hydrogen (secondary N) is 1. The van der Waals surface area contributed by atoms with Gasteiger partial charge in [-0.25, -0.2) is 5.48 Å². The topological polar surface area (TPSA) is 78.9 Å². The summed E-state index contributed by atoms with van der Waals surface area (Å²) in [6.45, 7) is 4.81. The predicted molar refractivity (Wildman–Crippen MR) is 78.5 cm³/mol. The number of carbonyl (C=O) groups is 2. The lowest BCUT2D eigenvalue weighted by Crippen LogP contribution is -2.50. The molecule has 22 heavy (non-hydrogen) atoms. The van der Waals surface area contributed by atoms with Crippen LogP contribution in [0.4, 0.5) is 0 Å². The highest BCUT2D eigenvalue weighted by Crippen LogP contribution is 2.37. The van der Waals surface area contributed by atoms with E-state index >= 15 is 0 Å². The smallest absolute Gasteiger partial charge is 0.274 e. The Bertz CT molecular complexity index is 623. The van der Waals surface area contributed by atoms with E-state index in [0.717, 1.165) is 18.4 Å². The molecule has 1 saturated carbocycles. The van der Waals surface area contributed by atoms with Gasteiger partial charge in [-0.05, 0) is 38.8 Å². The molecular formula is C16H20N2O4. The minimum atomic E-state index is -0.583. The molecule has 0 aromatic heterocycles. The summed E-state index contributed by atoms with van der Waals surface area (Å²) in [6, 6.07) is 4.99. The third-order valence-electron chi connectivity index (χ3n) is 4.26. The zero-order valence-corrected chi connectivity index (χ0v) is 12.8. The maximum atomic E-state index is 12.5. The highest BCUT2D eigenvalue weighted by atomic mass is 16.5. The number of amides is 2. The molecule has 1 aromatic carbocycles. The molecule has 1 fully saturated rings. The summed E-state index contributed by atoms with van der Waals surface area (Å²) in [5.41, 5.74) is 2.40. The molecule has 6 heteroatoms. The first kappa shape index (κ1) is 14.8. The molecule has 2 aliphatic rings. The van der Waals surface area contributed by atoms with Gasteiger partial charge in [-0.3, -0.25) is 14.8 Å². The van der Waals surface area contributed by atoms with Crippen molar-refractivity contribution in [1.29, 1.82) is 0 Å². The molecule has 1 aromatic rings. The van der Waals surface area contributed by atoms with Gasteiger partial charge in [-0.15, -0.1) is 0 Å². The summed E-state index contributed by atoms with van der Waals surface area (Å²) in [5.74, 6) is 0.333. The van der Waals surface area contributed by atoms with Crippen molar-refractivity contribution in [2.24, 2.45) is 5.92 Å². The van der Waals surface area contributed by atoms with Crippen molar-refractivity contribution in [1.82, 2.24) is 10.4 Å². The first-order chi connectivity index (χ1) is 10.4. The minimum absolute atomic E-state index is 0.153. The Labute approximate surface area is 129 Å². The molecule has 2 amide bonds. The zero-order valence-electron chi connectivity index (χ0n) is 12.8. The van der Waals surface area contributed by atoms with Gasteiger partial charge in [-0.2, -0.15) is 0 Å². The van der Waals surface area contributed by atoms with Crippen LogP contribution < -0.4 is 10.2 Å². The number of benzene rings is 1. The van der Waals surface area contributed by atoms with Crippen LogP contribution in [-0.4, -0.2) is 34.1 Å². The first-order valence-electron chi connectivity index (χ1n) is 7.44. The van der Waals surface area contributed by atoms with Crippen molar-refractivity contribution in [2.75, 3.05) is 6.61 Å². The average molecular weight is 304 g/mol. The summed E-state index contributed by atoms with van der Waals surface area (Å²) in [4.78, 5) is 25.9. The van der Waals surface area contributed by atoms with Gasteiger partial charge in [0.1, 0.15) is 12.4 Å². The van der Waals surface area contributed by atoms with Crippen LogP contribution in [0.1, 0.15) is 42.6 Å². The Morgan fingerprint density at radius 2 is 2.09 bits per heavy atom. The van der Waals surface area contributed by atoms with E-state index in [4.69, 9.17) is 9.94 Å². The van der Waals surface area contributed by atoms with E-state index < -0.39 is 11.4 Å². The highest BCUT2D eigenvalue weighted by molar-refractivity contribution is 5.93. The number of hydrogen-bond donors (Lipinski definition) is 2. The molecule has 0 bridgehead atoms. The van der Waals surface area contributed by atoms with Crippen molar-refractivity contribution < 1.29 is 19.5 Å². The lowest BCUT2D eigenvalue weighted by molar-refractivity contribution is -0.139. The van der Waals surface area contributed by atoms with E-state index in [9.17, 15) is 9.59 Å². The molecule has 0 unspecified atom stereocenters. The maximum absolute atomic E-state index is 12.5. The van der Waals surface area contributed by atoms with Gasteiger partial charge in [0, 0.05) is 23.6 Å². The van der Waals surface area contributed by atoms with Crippen LogP contribution >= 0.6 is 0 Å². The maximum Gasteiger partial charge on any atom is 0.274 e. The number of carbonyl (C=O) groups excluding carboxylic acids is 2. The van der Waals surface area contributed by atoms with Crippen LogP contribution in [0.15, 0.2) is 18.2 Å². The monoisotopic (exact) mass is 304 g/mol. The van der Waals surface area contributed by atoms with Crippen LogP contribution in [0.2, 0.25) is 0 Å². The van der Waals surface area contributed by atoms with E-state index in [0.29, 0.717) is 24.5 Å². The van der Waals surface area contributed by atoms with Crippen molar-refractivity contribution in [3.63, 3.8) is 0 Å². The van der Waals surface area contributed by atoms with E-state index in [2.05, 4.69) is 0 Å². The summed E-state index contributed by atoms with van der Waals surface area (Å²) in [5, 5.41) is 8.72. The Morgan fingerprint density at radius 3 is 2.73 bits per heavy atom. The van der Waals surface area contributed by atoms with Crippen LogP contribution in [-0.2, 0) is 11.3 Å². The Kier molecular flexibility index (Phi) is 3.56. The molecule has 6 nitrogen and oxygen atoms in total. The number of nitrogens with zero attached hydrogens (tertiary/aromatic N) is 1. The normalized spacial score (nSPS) is 19.7. The first-order valence-corrected chi connectivity index (χ1v) is 7.44. The highest BCUT2D eigenvalue weighted by Gasteiger charge is 2.41. The fourth-order valence-electron chi connectivity index (χ4n) is 2.67. The standard InChI is InChI=1S/C16H20N2O4/c1-16(2)9-22-13-7-11(14(19)17-21)5-6-12(13)8-18(16)15(20)10-3-4-10/h5-7,10,21H,3-4,8-9H2,1-2H3,(H,17,19). The third kappa shape index (κ3) is 2.66. The van der Waals surface area contributed by atoms with Crippen molar-refractivity contribution >= 4 is 11.8 Å². The molecule has 3 rings (SSSR count). The van der Waals surface area contributed by atoms with Crippen LogP contribution in [0.3, 0.4) is 0 Å². The van der Waals surface area contributed by atoms with Gasteiger partial charge in [0.05, 0.1) is 5.54 Å². The van der Waals surface area contributed by atoms with Gasteiger partial charge in [0.25, 0.3) is 5.91 Å². The molecule has 0 radical (unpaired) electrons. The van der Waals surface area contributed by atoms with Gasteiger partial charge >= 0.3 is 0 Å². The minimum Gasteiger partial charge on any atom is -0.491 e. The third-order valence-corrected chi connectivity index (χ3v) is 4.26. The molecule has 1 aliphatic heterocycles. The van der Waals surface area contributed by atoms with Crippen LogP contribution in [0.25, 0.3) is 0 Å². The second-order valence-electron chi connectivity index (χ2n) is 6.56. The fraction of sp³-hybridized carbons (Fsp3) is 0.500. The Morgan fingerprint density at radius 1 is 1.36 bits per heavy atom. The number of ether oxygens (including phenoxy) is 1. The molecule has 1 heterocycles. The van der Waals surface area contributed by atoms with Crippen LogP contribution in [0, 0.1) is 5.92 Å². The lowest BCUT2D eigenvalue weighted by atomic mass is 10.0. The van der Waals surface area contributed by atoms with Crippen LogP contribution in [0.5, 0.6) is 5.75 Å². The van der Waals surface area contributed by atoms with Gasteiger partial charge < -0.3 is 9.64 Å². The van der Waals surface area contributed by atoms with Crippen molar-refractivity contribution in [3.05, 3.63) is 29.3 Å². The average Bonchev–Trinajstić information content (AvgIpc) is 3.34. The summed E-state index contributed by atoms with van der Waals surface area (Å²) < 4.78 is 5.82. The summed E-state index contributed by atoms with van der Waals surface area (Å²) in [7, 11) is 0. The van der Waals surface area contributed by atoms with Crippen molar-refractivity contribution in [3.8, 4) is 5.75 Å². The van der Waals surface area contributed by atoms with Gasteiger partial charge in [0.2, 0.25) is 5.91 Å². The number of rotatable bonds is 2. The second kappa shape index (κ2) is 5.28. The van der Waals surface area contributed by atoms with E-state index in [1.54, 1.807) is 23.7 Å². The van der Waals surface area contributed by atoms with Crippen molar-refractivity contribution in [2.45, 2.75) is 38.8 Å². The van der Waals surface area contributed by atoms with Gasteiger partial charge in [-0.1, -0.05) is 6.07 Å². The van der Waals surface area contributed by atoms with Gasteiger partial charge in [0.15, 0.2) is 0 Å². The molecule has 1 aliphatic carbocycles. The second-order valence-corrected chi connectivity index (χ2v) is 6.56. The van der Waals surface area contributed by atoms with E-state index in [1.165, 1.54) is 0 Å². The summed E-state index contributed by atoms with van der Waals surface area (Å²) >= 11 is 0. The van der Waals surface area contributed by atoms with E-state index in [1.807, 2.05) is 18.7 Å². The Balaban J connectivity index is 1.92. The molecule has 0 spiro atoms. The fourth-order valence-corrected chi connectivity index (χ4v) is 2.67.